The highest BCUT2D eigenvalue weighted by atomic mass is 19.4. The average molecular weight is 229 g/mol. The Labute approximate surface area is 91.3 Å². The molecular formula is C11H10F3NO. The second-order valence-electron chi connectivity index (χ2n) is 3.48. The van der Waals surface area contributed by atoms with Gasteiger partial charge in [-0.1, -0.05) is 0 Å². The lowest BCUT2D eigenvalue weighted by molar-refractivity contribution is -0.137. The lowest BCUT2D eigenvalue weighted by Crippen LogP contribution is -2.10. The van der Waals surface area contributed by atoms with Crippen molar-refractivity contribution in [2.75, 3.05) is 0 Å². The van der Waals surface area contributed by atoms with Crippen LogP contribution in [0.1, 0.15) is 25.0 Å². The summed E-state index contributed by atoms with van der Waals surface area (Å²) in [6, 6.07) is 4.69. The molecule has 0 fully saturated rings. The van der Waals surface area contributed by atoms with Crippen molar-refractivity contribution in [2.45, 2.75) is 26.1 Å². The summed E-state index contributed by atoms with van der Waals surface area (Å²) >= 11 is 0. The van der Waals surface area contributed by atoms with Gasteiger partial charge in [0, 0.05) is 0 Å². The number of benzene rings is 1. The van der Waals surface area contributed by atoms with Crippen LogP contribution in [-0.4, -0.2) is 6.10 Å². The van der Waals surface area contributed by atoms with E-state index in [4.69, 9.17) is 10.00 Å². The van der Waals surface area contributed by atoms with Crippen LogP contribution in [0.25, 0.3) is 0 Å². The van der Waals surface area contributed by atoms with Crippen molar-refractivity contribution in [3.8, 4) is 11.8 Å². The van der Waals surface area contributed by atoms with E-state index in [0.29, 0.717) is 0 Å². The molecule has 0 heterocycles. The minimum absolute atomic E-state index is 0.150. The van der Waals surface area contributed by atoms with E-state index in [-0.39, 0.29) is 11.9 Å². The highest BCUT2D eigenvalue weighted by molar-refractivity contribution is 5.44. The quantitative estimate of drug-likeness (QED) is 0.778. The van der Waals surface area contributed by atoms with E-state index < -0.39 is 17.3 Å². The fourth-order valence-corrected chi connectivity index (χ4v) is 1.21. The number of hydrogen-bond acceptors (Lipinski definition) is 2. The maximum atomic E-state index is 12.4. The van der Waals surface area contributed by atoms with Gasteiger partial charge >= 0.3 is 6.18 Å². The molecule has 16 heavy (non-hydrogen) atoms. The summed E-state index contributed by atoms with van der Waals surface area (Å²) in [4.78, 5) is 0. The van der Waals surface area contributed by atoms with Gasteiger partial charge in [-0.15, -0.1) is 0 Å². The summed E-state index contributed by atoms with van der Waals surface area (Å²) in [6.45, 7) is 3.51. The molecule has 0 radical (unpaired) electrons. The molecule has 0 spiro atoms. The average Bonchev–Trinajstić information content (AvgIpc) is 2.14. The number of hydrogen-bond donors (Lipinski definition) is 0. The molecule has 0 unspecified atom stereocenters. The van der Waals surface area contributed by atoms with Crippen molar-refractivity contribution in [1.29, 1.82) is 5.26 Å². The molecule has 0 aliphatic carbocycles. The standard InChI is InChI=1S/C11H10F3NO/c1-7(2)16-9-3-4-10(11(12,13)14)8(5-9)6-15/h3-5,7H,1-2H3. The smallest absolute Gasteiger partial charge is 0.417 e. The van der Waals surface area contributed by atoms with Gasteiger partial charge in [-0.25, -0.2) is 0 Å². The van der Waals surface area contributed by atoms with Crippen LogP contribution >= 0.6 is 0 Å². The number of nitriles is 1. The maximum Gasteiger partial charge on any atom is 0.417 e. The number of ether oxygens (including phenoxy) is 1. The molecule has 0 bridgehead atoms. The van der Waals surface area contributed by atoms with Gasteiger partial charge in [-0.2, -0.15) is 18.4 Å². The van der Waals surface area contributed by atoms with Crippen molar-refractivity contribution in [3.05, 3.63) is 29.3 Å². The van der Waals surface area contributed by atoms with E-state index in [1.807, 2.05) is 0 Å². The molecule has 2 nitrogen and oxygen atoms in total. The van der Waals surface area contributed by atoms with Crippen LogP contribution in [-0.2, 0) is 6.18 Å². The Morgan fingerprint density at radius 3 is 2.38 bits per heavy atom. The molecule has 1 aromatic rings. The SMILES string of the molecule is CC(C)Oc1ccc(C(F)(F)F)c(C#N)c1. The van der Waals surface area contributed by atoms with Gasteiger partial charge in [0.05, 0.1) is 23.3 Å². The van der Waals surface area contributed by atoms with E-state index >= 15 is 0 Å². The van der Waals surface area contributed by atoms with Gasteiger partial charge in [0.25, 0.3) is 0 Å². The summed E-state index contributed by atoms with van der Waals surface area (Å²) in [5.41, 5.74) is -1.36. The number of nitrogens with zero attached hydrogens (tertiary/aromatic N) is 1. The van der Waals surface area contributed by atoms with E-state index in [9.17, 15) is 13.2 Å². The highest BCUT2D eigenvalue weighted by Gasteiger charge is 2.33. The van der Waals surface area contributed by atoms with Crippen LogP contribution in [0.4, 0.5) is 13.2 Å². The molecule has 0 saturated heterocycles. The summed E-state index contributed by atoms with van der Waals surface area (Å²) in [7, 11) is 0. The third-order valence-electron chi connectivity index (χ3n) is 1.79. The van der Waals surface area contributed by atoms with E-state index in [2.05, 4.69) is 0 Å². The number of alkyl halides is 3. The van der Waals surface area contributed by atoms with Gasteiger partial charge in [-0.05, 0) is 32.0 Å². The predicted octanol–water partition coefficient (Wildman–Crippen LogP) is 3.36. The first kappa shape index (κ1) is 12.4. The molecule has 0 atom stereocenters. The summed E-state index contributed by atoms with van der Waals surface area (Å²) in [6.07, 6.45) is -4.66. The van der Waals surface area contributed by atoms with Crippen LogP contribution in [0.15, 0.2) is 18.2 Å². The van der Waals surface area contributed by atoms with E-state index in [1.54, 1.807) is 13.8 Å². The Bertz CT molecular complexity index is 418. The van der Waals surface area contributed by atoms with Gasteiger partial charge in [0.1, 0.15) is 5.75 Å². The van der Waals surface area contributed by atoms with Crippen LogP contribution in [0, 0.1) is 11.3 Å². The Morgan fingerprint density at radius 1 is 1.31 bits per heavy atom. The third kappa shape index (κ3) is 2.89. The predicted molar refractivity (Wildman–Crippen MR) is 51.9 cm³/mol. The van der Waals surface area contributed by atoms with Crippen molar-refractivity contribution in [1.82, 2.24) is 0 Å². The zero-order chi connectivity index (χ0) is 12.3. The molecule has 0 amide bonds. The summed E-state index contributed by atoms with van der Waals surface area (Å²) < 4.78 is 42.5. The van der Waals surface area contributed by atoms with Crippen molar-refractivity contribution in [3.63, 3.8) is 0 Å². The Balaban J connectivity index is 3.14. The first-order valence-electron chi connectivity index (χ1n) is 4.62. The molecular weight excluding hydrogens is 219 g/mol. The second-order valence-corrected chi connectivity index (χ2v) is 3.48. The Hall–Kier alpha value is -1.70. The molecule has 0 aromatic heterocycles. The normalized spacial score (nSPS) is 11.3. The van der Waals surface area contributed by atoms with Gasteiger partial charge in [0.15, 0.2) is 0 Å². The molecule has 1 aromatic carbocycles. The zero-order valence-corrected chi connectivity index (χ0v) is 8.80. The highest BCUT2D eigenvalue weighted by Crippen LogP contribution is 2.33. The van der Waals surface area contributed by atoms with Gasteiger partial charge < -0.3 is 4.74 Å². The van der Waals surface area contributed by atoms with Crippen molar-refractivity contribution < 1.29 is 17.9 Å². The van der Waals surface area contributed by atoms with Gasteiger partial charge in [-0.3, -0.25) is 0 Å². The lowest BCUT2D eigenvalue weighted by Gasteiger charge is -2.12. The minimum Gasteiger partial charge on any atom is -0.491 e. The molecule has 1 rings (SSSR count). The zero-order valence-electron chi connectivity index (χ0n) is 8.80. The first-order valence-corrected chi connectivity index (χ1v) is 4.62. The summed E-state index contributed by atoms with van der Waals surface area (Å²) in [5, 5.41) is 8.63. The van der Waals surface area contributed by atoms with Crippen LogP contribution < -0.4 is 4.74 Å². The largest absolute Gasteiger partial charge is 0.491 e. The second kappa shape index (κ2) is 4.44. The third-order valence-corrected chi connectivity index (χ3v) is 1.79. The topological polar surface area (TPSA) is 33.0 Å². The van der Waals surface area contributed by atoms with Crippen LogP contribution in [0.3, 0.4) is 0 Å². The fourth-order valence-electron chi connectivity index (χ4n) is 1.21. The van der Waals surface area contributed by atoms with Crippen LogP contribution in [0.2, 0.25) is 0 Å². The maximum absolute atomic E-state index is 12.4. The monoisotopic (exact) mass is 229 g/mol. The number of rotatable bonds is 2. The molecule has 0 N–H and O–H groups in total. The fraction of sp³-hybridized carbons (Fsp3) is 0.364. The summed E-state index contributed by atoms with van der Waals surface area (Å²) in [5.74, 6) is 0.263. The Morgan fingerprint density at radius 2 is 1.94 bits per heavy atom. The lowest BCUT2D eigenvalue weighted by atomic mass is 10.1. The molecule has 86 valence electrons. The number of halogens is 3. The molecule has 5 heteroatoms. The minimum atomic E-state index is -4.51. The first-order chi connectivity index (χ1) is 7.34. The molecule has 0 aliphatic rings. The van der Waals surface area contributed by atoms with Gasteiger partial charge in [0.2, 0.25) is 0 Å². The van der Waals surface area contributed by atoms with Crippen molar-refractivity contribution >= 4 is 0 Å². The molecule has 0 aliphatic heterocycles. The van der Waals surface area contributed by atoms with Crippen LogP contribution in [0.5, 0.6) is 5.75 Å². The molecule has 0 saturated carbocycles. The van der Waals surface area contributed by atoms with E-state index in [1.165, 1.54) is 12.1 Å². The Kier molecular flexibility index (Phi) is 3.43. The van der Waals surface area contributed by atoms with Crippen molar-refractivity contribution in [2.24, 2.45) is 0 Å². The van der Waals surface area contributed by atoms with E-state index in [0.717, 1.165) is 12.1 Å².